The summed E-state index contributed by atoms with van der Waals surface area (Å²) in [7, 11) is -9.06. The van der Waals surface area contributed by atoms with Crippen LogP contribution < -0.4 is 32.6 Å². The number of nitrogens with one attached hydrogen (secondary N) is 1. The Morgan fingerprint density at radius 1 is 1.35 bits per heavy atom. The number of carbonyl (C=O) groups is 1. The fourth-order valence-electron chi connectivity index (χ4n) is 3.05. The third kappa shape index (κ3) is 7.16. The van der Waals surface area contributed by atoms with E-state index in [4.69, 9.17) is 16.2 Å². The molecule has 2 rings (SSSR count). The molecule has 17 nitrogen and oxygen atoms in total. The second-order valence-corrected chi connectivity index (χ2v) is 17.6. The van der Waals surface area contributed by atoms with Crippen molar-refractivity contribution in [2.24, 2.45) is 5.73 Å². The molecule has 0 bridgehead atoms. The van der Waals surface area contributed by atoms with Crippen LogP contribution in [-0.4, -0.2) is 52.5 Å². The summed E-state index contributed by atoms with van der Waals surface area (Å²) in [6.07, 6.45) is -1.75. The molecule has 0 radical (unpaired) electrons. The molecule has 1 aliphatic heterocycles. The molecular weight excluding hydrogens is 559 g/mol. The molecule has 0 spiro atoms. The second-order valence-electron chi connectivity index (χ2n) is 7.64. The Labute approximate surface area is 210 Å². The van der Waals surface area contributed by atoms with E-state index in [1.54, 1.807) is 0 Å². The van der Waals surface area contributed by atoms with Crippen molar-refractivity contribution < 1.29 is 52.2 Å². The Hall–Kier alpha value is -2.34. The standard InChI is InChI=1S/C17H25N5O12P3/c18-6-2-1-5-14(24)20-7-3-4-11-9-22(17(25)21-16(11)19)15-8-12(23)13(33-15)10-32-37(31,34-26,35(27)28)36(29)30/h9,12-13,15,23,26H,1-2,5-8,10,18H2,(H,20,24)(H2,19,21,25)/q-1/p-1/t12-,13+,15+/m0/s1. The predicted molar refractivity (Wildman–Crippen MR) is 121 cm³/mol. The Morgan fingerprint density at radius 3 is 2.62 bits per heavy atom. The molecule has 0 aliphatic carbocycles. The average Bonchev–Trinajstić information content (AvgIpc) is 3.21. The number of aliphatic hydroxyl groups excluding tert-OH is 1. The van der Waals surface area contributed by atoms with Crippen LogP contribution in [0.1, 0.15) is 37.5 Å². The van der Waals surface area contributed by atoms with Crippen molar-refractivity contribution in [1.29, 1.82) is 0 Å². The maximum atomic E-state index is 12.3. The summed E-state index contributed by atoms with van der Waals surface area (Å²) >= 11 is 0. The van der Waals surface area contributed by atoms with Gasteiger partial charge in [-0.15, -0.1) is 0 Å². The first-order valence-corrected chi connectivity index (χ1v) is 16.3. The molecule has 1 aromatic rings. The number of unbranched alkanes of at least 4 members (excludes halogenated alkanes) is 1. The Morgan fingerprint density at radius 2 is 2.03 bits per heavy atom. The Kier molecular flexibility index (Phi) is 10.8. The molecule has 0 saturated carbocycles. The Bertz CT molecular complexity index is 1230. The number of aliphatic hydroxyl groups is 1. The van der Waals surface area contributed by atoms with Crippen LogP contribution in [0.4, 0.5) is 5.82 Å². The molecule has 1 amide bonds. The number of aromatic nitrogens is 2. The number of nitrogens with zero attached hydrogens (tertiary/aromatic N) is 2. The summed E-state index contributed by atoms with van der Waals surface area (Å²) in [6, 6.07) is 0. The third-order valence-corrected chi connectivity index (χ3v) is 14.0. The van der Waals surface area contributed by atoms with Crippen LogP contribution >= 0.6 is 21.4 Å². The van der Waals surface area contributed by atoms with Crippen LogP contribution in [0.25, 0.3) is 0 Å². The topological polar surface area (TPSA) is 278 Å². The van der Waals surface area contributed by atoms with E-state index in [1.807, 2.05) is 0 Å². The Balaban J connectivity index is 2.14. The summed E-state index contributed by atoms with van der Waals surface area (Å²) in [5, 5.41) is 23.6. The van der Waals surface area contributed by atoms with Crippen LogP contribution in [0.15, 0.2) is 11.0 Å². The number of hydrogen-bond acceptors (Lipinski definition) is 15. The van der Waals surface area contributed by atoms with E-state index in [1.165, 1.54) is 6.20 Å². The summed E-state index contributed by atoms with van der Waals surface area (Å²) < 4.78 is 58.7. The van der Waals surface area contributed by atoms with Crippen LogP contribution in [0.2, 0.25) is 0 Å². The first kappa shape index (κ1) is 30.9. The van der Waals surface area contributed by atoms with Crippen molar-refractivity contribution in [2.75, 3.05) is 25.4 Å². The fraction of sp³-hybridized carbons (Fsp3) is 0.588. The van der Waals surface area contributed by atoms with Crippen LogP contribution in [0, 0.1) is 11.8 Å². The molecule has 1 aliphatic rings. The van der Waals surface area contributed by atoms with Gasteiger partial charge >= 0.3 is 167 Å². The van der Waals surface area contributed by atoms with E-state index in [0.29, 0.717) is 19.4 Å². The minimum absolute atomic E-state index is 0.0228. The van der Waals surface area contributed by atoms with Gasteiger partial charge in [-0.25, -0.2) is 0 Å². The first-order chi connectivity index (χ1) is 17.4. The van der Waals surface area contributed by atoms with Gasteiger partial charge in [0.05, 0.1) is 0 Å². The van der Waals surface area contributed by atoms with Gasteiger partial charge in [0.25, 0.3) is 0 Å². The van der Waals surface area contributed by atoms with E-state index in [2.05, 4.69) is 31.3 Å². The van der Waals surface area contributed by atoms with Gasteiger partial charge in [0, 0.05) is 6.42 Å². The van der Waals surface area contributed by atoms with Gasteiger partial charge in [0.15, 0.2) is 0 Å². The van der Waals surface area contributed by atoms with E-state index in [-0.39, 0.29) is 36.7 Å². The summed E-state index contributed by atoms with van der Waals surface area (Å²) in [4.78, 5) is 40.0. The molecule has 37 heavy (non-hydrogen) atoms. The number of nitrogens with two attached hydrogens (primary N) is 2. The van der Waals surface area contributed by atoms with E-state index < -0.39 is 52.1 Å². The number of anilines is 1. The van der Waals surface area contributed by atoms with Crippen molar-refractivity contribution in [3.8, 4) is 11.8 Å². The monoisotopic (exact) mass is 583 g/mol. The summed E-state index contributed by atoms with van der Waals surface area (Å²) in [5.74, 6) is 4.83. The van der Waals surface area contributed by atoms with Crippen molar-refractivity contribution in [3.63, 3.8) is 0 Å². The third-order valence-electron chi connectivity index (χ3n) is 5.08. The molecule has 206 valence electrons. The zero-order chi connectivity index (χ0) is 27.8. The van der Waals surface area contributed by atoms with Gasteiger partial charge in [-0.2, -0.15) is 0 Å². The van der Waals surface area contributed by atoms with Gasteiger partial charge in [-0.05, 0) is 19.4 Å². The quantitative estimate of drug-likeness (QED) is 0.0695. The SMILES string of the molecule is NCCCCC(=O)NCC#Cc1cn([C@H]2C[C@H](O)[C@@H](COP([O-])(O[O-])(P(=O)=O)P(=O)=O)O2)c(=O)nc1N. The molecule has 1 fully saturated rings. The molecule has 6 N–H and O–H groups in total. The number of rotatable bonds is 12. The van der Waals surface area contributed by atoms with Gasteiger partial charge in [0.1, 0.15) is 0 Å². The number of hydrogen-bond donors (Lipinski definition) is 4. The predicted octanol–water partition coefficient (Wildman–Crippen LogP) is -1.79. The summed E-state index contributed by atoms with van der Waals surface area (Å²) in [6.45, 7) is -7.62. The van der Waals surface area contributed by atoms with Gasteiger partial charge in [-0.3, -0.25) is 4.79 Å². The number of ether oxygens (including phenoxy) is 1. The maximum absolute atomic E-state index is 12.3. The van der Waals surface area contributed by atoms with Crippen molar-refractivity contribution in [3.05, 3.63) is 22.2 Å². The van der Waals surface area contributed by atoms with E-state index >= 15 is 0 Å². The van der Waals surface area contributed by atoms with Gasteiger partial charge in [0.2, 0.25) is 5.91 Å². The van der Waals surface area contributed by atoms with Crippen molar-refractivity contribution in [1.82, 2.24) is 14.9 Å². The van der Waals surface area contributed by atoms with Crippen molar-refractivity contribution >= 4 is 33.1 Å². The average molecular weight is 583 g/mol. The zero-order valence-electron chi connectivity index (χ0n) is 19.1. The normalized spacial score (nSPS) is 20.3. The van der Waals surface area contributed by atoms with Crippen LogP contribution in [-0.2, 0) is 37.0 Å². The van der Waals surface area contributed by atoms with E-state index in [9.17, 15) is 43.1 Å². The van der Waals surface area contributed by atoms with Gasteiger partial charge < -0.3 is 5.73 Å². The molecule has 0 unspecified atom stereocenters. The molecule has 1 aromatic heterocycles. The number of carbonyl (C=O) groups excluding carboxylic acids is 1. The van der Waals surface area contributed by atoms with Crippen LogP contribution in [0.3, 0.4) is 0 Å². The van der Waals surface area contributed by atoms with Crippen LogP contribution in [0.5, 0.6) is 0 Å². The molecule has 20 heteroatoms. The zero-order valence-corrected chi connectivity index (χ0v) is 21.8. The molecule has 3 atom stereocenters. The van der Waals surface area contributed by atoms with Crippen molar-refractivity contribution in [2.45, 2.75) is 44.1 Å². The second kappa shape index (κ2) is 12.9. The van der Waals surface area contributed by atoms with E-state index in [0.717, 1.165) is 4.57 Å². The fourth-order valence-corrected chi connectivity index (χ4v) is 6.64. The summed E-state index contributed by atoms with van der Waals surface area (Å²) in [5.41, 5.74) is 10.3. The molecule has 0 aromatic carbocycles. The molecule has 1 saturated heterocycles. The first-order valence-electron chi connectivity index (χ1n) is 10.6. The number of nitrogen functional groups attached to an aromatic ring is 1. The number of amides is 1. The molecular formula is C17H24N5O12P3-2. The molecule has 2 heterocycles. The van der Waals surface area contributed by atoms with Gasteiger partial charge in [-0.1, -0.05) is 0 Å². The minimum atomic E-state index is -6.92.